The van der Waals surface area contributed by atoms with Crippen molar-refractivity contribution in [3.63, 3.8) is 0 Å². The molecule has 0 radical (unpaired) electrons. The summed E-state index contributed by atoms with van der Waals surface area (Å²) in [7, 11) is -3.87. The van der Waals surface area contributed by atoms with Gasteiger partial charge in [0.25, 0.3) is 0 Å². The molecule has 1 atom stereocenters. The summed E-state index contributed by atoms with van der Waals surface area (Å²) in [6.45, 7) is 2.85. The number of halogens is 1. The number of carbonyl (C=O) groups excluding carboxylic acids is 1. The molecule has 0 amide bonds. The van der Waals surface area contributed by atoms with Crippen LogP contribution in [0.15, 0.2) is 64.9 Å². The molecular formula is C26H25FN6O3S2. The number of sulfonamides is 1. The zero-order chi connectivity index (χ0) is 26.5. The van der Waals surface area contributed by atoms with Crippen LogP contribution < -0.4 is 0 Å². The van der Waals surface area contributed by atoms with Crippen molar-refractivity contribution in [3.8, 4) is 5.69 Å². The van der Waals surface area contributed by atoms with Crippen molar-refractivity contribution in [2.45, 2.75) is 37.6 Å². The summed E-state index contributed by atoms with van der Waals surface area (Å²) in [6, 6.07) is 6.05. The molecule has 4 aromatic rings. The molecule has 0 saturated carbocycles. The standard InChI is InChI=1S/C26H25FN6O3S2/c1-2-9-31-16-22(15-29-31)38(35,36)32-10-7-19-12-23-18(14-30-33(23)21-5-3-20(27)4-6-21)13-26(19,17-32)24(34)25-28-8-11-37-25/h3-6,8,11-12,14-16H,2,7,9-10,13,17H2,1H3/t26-/m0/s1. The SMILES string of the molecule is CCCn1cc(S(=O)(=O)N2CCC3=Cc4c(cnn4-c4ccc(F)cc4)C[C@]3(C(=O)c3nccs3)C2)cn1. The van der Waals surface area contributed by atoms with Crippen molar-refractivity contribution >= 4 is 33.2 Å². The van der Waals surface area contributed by atoms with E-state index in [2.05, 4.69) is 15.2 Å². The Hall–Kier alpha value is -3.48. The van der Waals surface area contributed by atoms with Gasteiger partial charge in [-0.2, -0.15) is 14.5 Å². The Labute approximate surface area is 223 Å². The van der Waals surface area contributed by atoms with Gasteiger partial charge in [-0.1, -0.05) is 12.5 Å². The van der Waals surface area contributed by atoms with Crippen LogP contribution >= 0.6 is 11.3 Å². The third-order valence-corrected chi connectivity index (χ3v) is 9.78. The van der Waals surface area contributed by atoms with E-state index in [0.29, 0.717) is 23.7 Å². The lowest BCUT2D eigenvalue weighted by molar-refractivity contribution is 0.0775. The van der Waals surface area contributed by atoms with E-state index in [0.717, 1.165) is 23.3 Å². The van der Waals surface area contributed by atoms with Crippen LogP contribution in [0.4, 0.5) is 4.39 Å². The Morgan fingerprint density at radius 2 is 2.00 bits per heavy atom. The molecule has 0 unspecified atom stereocenters. The second kappa shape index (κ2) is 9.37. The molecule has 0 bridgehead atoms. The molecule has 3 aromatic heterocycles. The van der Waals surface area contributed by atoms with Crippen molar-refractivity contribution < 1.29 is 17.6 Å². The number of carbonyl (C=O) groups is 1. The van der Waals surface area contributed by atoms with Crippen molar-refractivity contribution in [1.29, 1.82) is 0 Å². The lowest BCUT2D eigenvalue weighted by atomic mass is 9.66. The first-order chi connectivity index (χ1) is 18.3. The van der Waals surface area contributed by atoms with Crippen LogP contribution in [0.1, 0.15) is 40.8 Å². The minimum atomic E-state index is -3.87. The number of hydrogen-bond donors (Lipinski definition) is 0. The van der Waals surface area contributed by atoms with Gasteiger partial charge in [0.15, 0.2) is 5.01 Å². The first kappa shape index (κ1) is 24.8. The molecule has 6 rings (SSSR count). The van der Waals surface area contributed by atoms with Crippen LogP contribution in [0.5, 0.6) is 0 Å². The van der Waals surface area contributed by atoms with Crippen LogP contribution in [0.3, 0.4) is 0 Å². The number of aromatic nitrogens is 5. The minimum Gasteiger partial charge on any atom is -0.290 e. The Balaban J connectivity index is 1.41. The normalized spacial score (nSPS) is 19.6. The predicted octanol–water partition coefficient (Wildman–Crippen LogP) is 3.98. The first-order valence-corrected chi connectivity index (χ1v) is 14.6. The van der Waals surface area contributed by atoms with E-state index in [1.807, 2.05) is 13.0 Å². The number of benzene rings is 1. The van der Waals surface area contributed by atoms with Crippen molar-refractivity contribution in [2.24, 2.45) is 5.41 Å². The number of fused-ring (bicyclic) bond motifs is 2. The van der Waals surface area contributed by atoms with Gasteiger partial charge < -0.3 is 0 Å². The monoisotopic (exact) mass is 552 g/mol. The summed E-state index contributed by atoms with van der Waals surface area (Å²) in [4.78, 5) is 18.4. The topological polar surface area (TPSA) is 103 Å². The van der Waals surface area contributed by atoms with E-state index in [9.17, 15) is 17.6 Å². The van der Waals surface area contributed by atoms with Crippen LogP contribution in [0.25, 0.3) is 11.8 Å². The highest BCUT2D eigenvalue weighted by atomic mass is 32.2. The quantitative estimate of drug-likeness (QED) is 0.322. The van der Waals surface area contributed by atoms with Gasteiger partial charge in [0.2, 0.25) is 15.8 Å². The zero-order valence-electron chi connectivity index (χ0n) is 20.6. The van der Waals surface area contributed by atoms with E-state index in [-0.39, 0.29) is 36.0 Å². The van der Waals surface area contributed by atoms with E-state index < -0.39 is 15.4 Å². The molecule has 4 heterocycles. The lowest BCUT2D eigenvalue weighted by Gasteiger charge is -2.44. The average molecular weight is 553 g/mol. The fourth-order valence-corrected chi connectivity index (χ4v) is 7.46. The number of rotatable bonds is 7. The molecule has 12 heteroatoms. The van der Waals surface area contributed by atoms with Gasteiger partial charge in [0.05, 0.1) is 29.2 Å². The van der Waals surface area contributed by atoms with Gasteiger partial charge in [-0.15, -0.1) is 11.3 Å². The highest BCUT2D eigenvalue weighted by molar-refractivity contribution is 7.89. The molecule has 2 aliphatic rings. The third kappa shape index (κ3) is 4.03. The summed E-state index contributed by atoms with van der Waals surface area (Å²) in [5, 5.41) is 10.8. The lowest BCUT2D eigenvalue weighted by Crippen LogP contribution is -2.53. The first-order valence-electron chi connectivity index (χ1n) is 12.3. The minimum absolute atomic E-state index is 0.000292. The Kier molecular flexibility index (Phi) is 6.12. The second-order valence-corrected chi connectivity index (χ2v) is 12.4. The van der Waals surface area contributed by atoms with E-state index >= 15 is 0 Å². The van der Waals surface area contributed by atoms with Gasteiger partial charge in [-0.25, -0.2) is 22.5 Å². The molecular weight excluding hydrogens is 527 g/mol. The highest BCUT2D eigenvalue weighted by Gasteiger charge is 2.51. The predicted molar refractivity (Wildman–Crippen MR) is 140 cm³/mol. The molecule has 1 fully saturated rings. The summed E-state index contributed by atoms with van der Waals surface area (Å²) in [5.41, 5.74) is 2.07. The largest absolute Gasteiger partial charge is 0.290 e. The zero-order valence-corrected chi connectivity index (χ0v) is 22.3. The van der Waals surface area contributed by atoms with Crippen molar-refractivity contribution in [1.82, 2.24) is 28.9 Å². The van der Waals surface area contributed by atoms with Gasteiger partial charge >= 0.3 is 0 Å². The second-order valence-electron chi connectivity index (χ2n) is 9.57. The molecule has 1 aliphatic heterocycles. The maximum Gasteiger partial charge on any atom is 0.246 e. The van der Waals surface area contributed by atoms with Gasteiger partial charge in [-0.05, 0) is 55.2 Å². The molecule has 0 N–H and O–H groups in total. The highest BCUT2D eigenvalue weighted by Crippen LogP contribution is 2.47. The van der Waals surface area contributed by atoms with Crippen molar-refractivity contribution in [3.05, 3.63) is 82.1 Å². The number of hydrogen-bond acceptors (Lipinski definition) is 7. The molecule has 1 aromatic carbocycles. The molecule has 38 heavy (non-hydrogen) atoms. The van der Waals surface area contributed by atoms with Crippen LogP contribution in [-0.2, 0) is 23.0 Å². The number of piperidine rings is 1. The van der Waals surface area contributed by atoms with E-state index in [4.69, 9.17) is 0 Å². The molecule has 1 saturated heterocycles. The van der Waals surface area contributed by atoms with Crippen LogP contribution in [0, 0.1) is 11.2 Å². The van der Waals surface area contributed by atoms with Crippen LogP contribution in [-0.4, -0.2) is 56.1 Å². The third-order valence-electron chi connectivity index (χ3n) is 7.21. The number of aryl methyl sites for hydroxylation is 1. The van der Waals surface area contributed by atoms with E-state index in [1.54, 1.807) is 45.5 Å². The fraction of sp³-hybridized carbons (Fsp3) is 0.308. The number of thiazole rings is 1. The summed E-state index contributed by atoms with van der Waals surface area (Å²) in [6.07, 6.45) is 9.65. The van der Waals surface area contributed by atoms with Gasteiger partial charge in [0, 0.05) is 37.4 Å². The maximum absolute atomic E-state index is 14.0. The fourth-order valence-electron chi connectivity index (χ4n) is 5.33. The van der Waals surface area contributed by atoms with E-state index in [1.165, 1.54) is 34.0 Å². The molecule has 1 aliphatic carbocycles. The van der Waals surface area contributed by atoms with Gasteiger partial charge in [-0.3, -0.25) is 9.48 Å². The number of ketones is 1. The van der Waals surface area contributed by atoms with Crippen molar-refractivity contribution in [2.75, 3.05) is 13.1 Å². The Bertz CT molecular complexity index is 1640. The van der Waals surface area contributed by atoms with Crippen LogP contribution in [0.2, 0.25) is 0 Å². The maximum atomic E-state index is 14.0. The molecule has 0 spiro atoms. The summed E-state index contributed by atoms with van der Waals surface area (Å²) in [5.74, 6) is -0.532. The molecule has 9 nitrogen and oxygen atoms in total. The number of Topliss-reactive ketones (excluding diaryl/α,β-unsaturated/α-hetero) is 1. The Morgan fingerprint density at radius 1 is 1.18 bits per heavy atom. The molecule has 196 valence electrons. The number of nitrogens with zero attached hydrogens (tertiary/aromatic N) is 6. The summed E-state index contributed by atoms with van der Waals surface area (Å²) < 4.78 is 45.6. The Morgan fingerprint density at radius 3 is 2.74 bits per heavy atom. The summed E-state index contributed by atoms with van der Waals surface area (Å²) >= 11 is 1.25. The smallest absolute Gasteiger partial charge is 0.246 e. The average Bonchev–Trinajstić information content (AvgIpc) is 3.69. The van der Waals surface area contributed by atoms with Gasteiger partial charge in [0.1, 0.15) is 10.7 Å².